The fourth-order valence-corrected chi connectivity index (χ4v) is 5.73. The van der Waals surface area contributed by atoms with Crippen molar-refractivity contribution < 1.29 is 14.5 Å². The van der Waals surface area contributed by atoms with E-state index in [0.717, 1.165) is 22.2 Å². The molecule has 0 aliphatic carbocycles. The number of hydrogen-bond acceptors (Lipinski definition) is 9. The topological polar surface area (TPSA) is 136 Å². The number of carbonyl (C=O) groups is 2. The number of allylic oxidation sites excluding steroid dienone is 1. The number of hydrazine groups is 1. The van der Waals surface area contributed by atoms with Gasteiger partial charge in [0.1, 0.15) is 4.83 Å². The molecule has 0 aliphatic heterocycles. The molecule has 2 N–H and O–H groups in total. The Kier molecular flexibility index (Phi) is 7.39. The summed E-state index contributed by atoms with van der Waals surface area (Å²) in [4.78, 5) is 54.0. The third-order valence-electron chi connectivity index (χ3n) is 4.75. The van der Waals surface area contributed by atoms with Crippen LogP contribution in [0.5, 0.6) is 0 Å². The summed E-state index contributed by atoms with van der Waals surface area (Å²) in [6.45, 7) is 3.93. The van der Waals surface area contributed by atoms with Gasteiger partial charge in [-0.2, -0.15) is 0 Å². The van der Waals surface area contributed by atoms with E-state index in [0.29, 0.717) is 15.4 Å². The third-order valence-corrected chi connectivity index (χ3v) is 7.50. The maximum Gasteiger partial charge on any atom is 0.269 e. The number of benzene rings is 1. The summed E-state index contributed by atoms with van der Waals surface area (Å²) in [5.74, 6) is -1.25. The highest BCUT2D eigenvalue weighted by atomic mass is 32.2. The molecule has 0 saturated carbocycles. The summed E-state index contributed by atoms with van der Waals surface area (Å²) in [6, 6.07) is 8.83. The normalized spacial score (nSPS) is 10.7. The first-order chi connectivity index (χ1) is 16.9. The number of nitrogens with one attached hydrogen (secondary N) is 2. The van der Waals surface area contributed by atoms with Crippen LogP contribution in [0.4, 0.5) is 5.69 Å². The average molecular weight is 528 g/mol. The SMILES string of the molecule is C=CCn1c(SCC(=O)NNC(=O)c2ccc([N+](=O)[O-])cc2)nc2scc(-c3cccs3)c2c1=O. The number of hydrogen-bond donors (Lipinski definition) is 2. The number of carbonyl (C=O) groups excluding carboxylic acids is 2. The van der Waals surface area contributed by atoms with E-state index in [-0.39, 0.29) is 29.1 Å². The van der Waals surface area contributed by atoms with E-state index in [2.05, 4.69) is 22.4 Å². The van der Waals surface area contributed by atoms with Gasteiger partial charge in [-0.05, 0) is 23.6 Å². The Hall–Kier alpha value is -3.81. The molecule has 35 heavy (non-hydrogen) atoms. The monoisotopic (exact) mass is 527 g/mol. The van der Waals surface area contributed by atoms with Crippen molar-refractivity contribution in [1.29, 1.82) is 0 Å². The predicted octanol–water partition coefficient (Wildman–Crippen LogP) is 3.83. The molecule has 1 aromatic carbocycles. The summed E-state index contributed by atoms with van der Waals surface area (Å²) < 4.78 is 1.46. The maximum absolute atomic E-state index is 13.3. The molecule has 0 fully saturated rings. The second-order valence-corrected chi connectivity index (χ2v) is 9.75. The Bertz CT molecular complexity index is 1480. The van der Waals surface area contributed by atoms with Crippen LogP contribution in [0, 0.1) is 10.1 Å². The van der Waals surface area contributed by atoms with Crippen molar-refractivity contribution in [1.82, 2.24) is 20.4 Å². The fraction of sp³-hybridized carbons (Fsp3) is 0.0909. The largest absolute Gasteiger partial charge is 0.283 e. The Morgan fingerprint density at radius 3 is 2.63 bits per heavy atom. The summed E-state index contributed by atoms with van der Waals surface area (Å²) >= 11 is 3.96. The zero-order valence-corrected chi connectivity index (χ0v) is 20.4. The standard InChI is InChI=1S/C22H17N5O5S3/c1-2-9-26-21(30)18-15(16-4-3-10-33-16)11-34-20(18)23-22(26)35-12-17(28)24-25-19(29)13-5-7-14(8-6-13)27(31)32/h2-8,10-11H,1,9,12H2,(H,24,28)(H,25,29). The molecular formula is C22H17N5O5S3. The molecule has 0 spiro atoms. The maximum atomic E-state index is 13.3. The number of rotatable bonds is 8. The first-order valence-electron chi connectivity index (χ1n) is 10.0. The van der Waals surface area contributed by atoms with Gasteiger partial charge < -0.3 is 0 Å². The Labute approximate surface area is 210 Å². The molecule has 0 atom stereocenters. The van der Waals surface area contributed by atoms with Crippen LogP contribution in [0.3, 0.4) is 0 Å². The lowest BCUT2D eigenvalue weighted by Gasteiger charge is -2.11. The van der Waals surface area contributed by atoms with Crippen molar-refractivity contribution in [3.05, 3.63) is 85.8 Å². The molecule has 0 radical (unpaired) electrons. The molecule has 13 heteroatoms. The highest BCUT2D eigenvalue weighted by Gasteiger charge is 2.18. The van der Waals surface area contributed by atoms with E-state index in [1.807, 2.05) is 22.9 Å². The molecule has 3 aromatic heterocycles. The summed E-state index contributed by atoms with van der Waals surface area (Å²) in [6.07, 6.45) is 1.58. The van der Waals surface area contributed by atoms with Gasteiger partial charge in [-0.1, -0.05) is 23.9 Å². The summed E-state index contributed by atoms with van der Waals surface area (Å²) in [5.41, 5.74) is 5.17. The minimum atomic E-state index is -0.624. The molecule has 3 heterocycles. The third kappa shape index (κ3) is 5.31. The van der Waals surface area contributed by atoms with Gasteiger partial charge >= 0.3 is 0 Å². The lowest BCUT2D eigenvalue weighted by molar-refractivity contribution is -0.384. The van der Waals surface area contributed by atoms with Gasteiger partial charge in [0.15, 0.2) is 5.16 Å². The van der Waals surface area contributed by atoms with E-state index in [1.54, 1.807) is 6.08 Å². The summed E-state index contributed by atoms with van der Waals surface area (Å²) in [5, 5.41) is 15.4. The van der Waals surface area contributed by atoms with Gasteiger partial charge in [0.25, 0.3) is 17.2 Å². The lowest BCUT2D eigenvalue weighted by Crippen LogP contribution is -2.42. The van der Waals surface area contributed by atoms with Gasteiger partial charge in [-0.15, -0.1) is 29.3 Å². The Morgan fingerprint density at radius 1 is 1.20 bits per heavy atom. The Balaban J connectivity index is 1.45. The molecule has 0 saturated heterocycles. The van der Waals surface area contributed by atoms with Crippen LogP contribution in [0.1, 0.15) is 10.4 Å². The second kappa shape index (κ2) is 10.6. The lowest BCUT2D eigenvalue weighted by atomic mass is 10.2. The summed E-state index contributed by atoms with van der Waals surface area (Å²) in [7, 11) is 0. The van der Waals surface area contributed by atoms with Crippen LogP contribution in [-0.2, 0) is 11.3 Å². The van der Waals surface area contributed by atoms with E-state index >= 15 is 0 Å². The number of nitro groups is 1. The number of nitro benzene ring substituents is 1. The first kappa shape index (κ1) is 24.3. The van der Waals surface area contributed by atoms with Crippen molar-refractivity contribution in [2.45, 2.75) is 11.7 Å². The minimum absolute atomic E-state index is 0.112. The second-order valence-electron chi connectivity index (χ2n) is 7.00. The number of thiophene rings is 2. The number of non-ortho nitro benzene ring substituents is 1. The van der Waals surface area contributed by atoms with Gasteiger partial charge in [0.2, 0.25) is 5.91 Å². The van der Waals surface area contributed by atoms with Gasteiger partial charge in [0, 0.05) is 40.1 Å². The predicted molar refractivity (Wildman–Crippen MR) is 137 cm³/mol. The average Bonchev–Trinajstić information content (AvgIpc) is 3.53. The molecule has 0 bridgehead atoms. The van der Waals surface area contributed by atoms with Crippen molar-refractivity contribution in [3.8, 4) is 10.4 Å². The van der Waals surface area contributed by atoms with Gasteiger partial charge in [-0.25, -0.2) is 4.98 Å². The first-order valence-corrected chi connectivity index (χ1v) is 12.8. The molecule has 0 unspecified atom stereocenters. The van der Waals surface area contributed by atoms with Gasteiger partial charge in [-0.3, -0.25) is 39.9 Å². The van der Waals surface area contributed by atoms with Crippen molar-refractivity contribution in [3.63, 3.8) is 0 Å². The van der Waals surface area contributed by atoms with Gasteiger partial charge in [0.05, 0.1) is 16.1 Å². The molecule has 4 aromatic rings. The molecular weight excluding hydrogens is 510 g/mol. The number of amides is 2. The van der Waals surface area contributed by atoms with E-state index in [1.165, 1.54) is 51.5 Å². The van der Waals surface area contributed by atoms with Crippen LogP contribution >= 0.6 is 34.4 Å². The van der Waals surface area contributed by atoms with E-state index in [4.69, 9.17) is 0 Å². The highest BCUT2D eigenvalue weighted by molar-refractivity contribution is 7.99. The molecule has 10 nitrogen and oxygen atoms in total. The van der Waals surface area contributed by atoms with Crippen molar-refractivity contribution >= 4 is 62.2 Å². The van der Waals surface area contributed by atoms with Crippen LogP contribution in [0.25, 0.3) is 20.7 Å². The zero-order chi connectivity index (χ0) is 24.9. The quantitative estimate of drug-likeness (QED) is 0.117. The van der Waals surface area contributed by atoms with Crippen LogP contribution in [-0.4, -0.2) is 32.0 Å². The zero-order valence-electron chi connectivity index (χ0n) is 17.9. The number of thioether (sulfide) groups is 1. The van der Waals surface area contributed by atoms with Crippen molar-refractivity contribution in [2.24, 2.45) is 0 Å². The van der Waals surface area contributed by atoms with Crippen LogP contribution < -0.4 is 16.4 Å². The molecule has 4 rings (SSSR count). The molecule has 178 valence electrons. The van der Waals surface area contributed by atoms with E-state index < -0.39 is 16.7 Å². The molecule has 0 aliphatic rings. The molecule has 2 amide bonds. The number of fused-ring (bicyclic) bond motifs is 1. The smallest absolute Gasteiger partial charge is 0.269 e. The van der Waals surface area contributed by atoms with Crippen LogP contribution in [0.2, 0.25) is 0 Å². The minimum Gasteiger partial charge on any atom is -0.283 e. The Morgan fingerprint density at radius 2 is 1.97 bits per heavy atom. The van der Waals surface area contributed by atoms with Crippen molar-refractivity contribution in [2.75, 3.05) is 5.75 Å². The number of nitrogens with zero attached hydrogens (tertiary/aromatic N) is 3. The fourth-order valence-electron chi connectivity index (χ4n) is 3.12. The van der Waals surface area contributed by atoms with E-state index in [9.17, 15) is 24.5 Å². The number of aromatic nitrogens is 2. The highest BCUT2D eigenvalue weighted by Crippen LogP contribution is 2.34. The van der Waals surface area contributed by atoms with Crippen LogP contribution in [0.15, 0.2) is 69.8 Å².